The minimum Gasteiger partial charge on any atom is -0.494 e. The summed E-state index contributed by atoms with van der Waals surface area (Å²) in [6.07, 6.45) is 17.1. The lowest BCUT2D eigenvalue weighted by Gasteiger charge is -2.08. The third-order valence-corrected chi connectivity index (χ3v) is 6.06. The highest BCUT2D eigenvalue weighted by Crippen LogP contribution is 2.15. The van der Waals surface area contributed by atoms with Gasteiger partial charge in [0.05, 0.1) is 6.61 Å². The molecule has 186 valence electrons. The lowest BCUT2D eigenvalue weighted by Crippen LogP contribution is -2.18. The van der Waals surface area contributed by atoms with Crippen molar-refractivity contribution in [2.24, 2.45) is 0 Å². The van der Waals surface area contributed by atoms with Crippen LogP contribution in [0.5, 0.6) is 5.75 Å². The van der Waals surface area contributed by atoms with Crippen LogP contribution in [-0.4, -0.2) is 26.1 Å². The van der Waals surface area contributed by atoms with Crippen molar-refractivity contribution in [1.29, 1.82) is 0 Å². The van der Waals surface area contributed by atoms with Gasteiger partial charge in [0.1, 0.15) is 5.75 Å². The molecule has 0 saturated carbocycles. The number of hydrogen-bond acceptors (Lipinski definition) is 2. The monoisotopic (exact) mass is 453 g/mol. The van der Waals surface area contributed by atoms with Gasteiger partial charge in [0.2, 0.25) is 6.43 Å². The zero-order valence-corrected chi connectivity index (χ0v) is 20.7. The number of unbranched alkanes of at least 4 members (excludes halogenated alkanes) is 13. The maximum Gasteiger partial charge on any atom is 0.238 e. The molecule has 4 heteroatoms. The first-order chi connectivity index (χ1) is 15.7. The van der Waals surface area contributed by atoms with E-state index in [4.69, 9.17) is 4.74 Å². The smallest absolute Gasteiger partial charge is 0.238 e. The fourth-order valence-electron chi connectivity index (χ4n) is 3.97. The molecule has 32 heavy (non-hydrogen) atoms. The van der Waals surface area contributed by atoms with Gasteiger partial charge in [-0.3, -0.25) is 0 Å². The summed E-state index contributed by atoms with van der Waals surface area (Å²) in [5, 5.41) is 3.57. The number of alkyl halides is 2. The van der Waals surface area contributed by atoms with Gasteiger partial charge in [0, 0.05) is 6.42 Å². The molecule has 0 heterocycles. The van der Waals surface area contributed by atoms with Gasteiger partial charge in [-0.05, 0) is 56.5 Å². The van der Waals surface area contributed by atoms with Crippen molar-refractivity contribution in [1.82, 2.24) is 5.32 Å². The molecule has 1 rings (SSSR count). The van der Waals surface area contributed by atoms with Gasteiger partial charge in [-0.1, -0.05) is 96.1 Å². The molecule has 0 unspecified atom stereocenters. The molecule has 0 aliphatic heterocycles. The Morgan fingerprint density at radius 3 is 1.88 bits per heavy atom. The number of nitrogens with one attached hydrogen (secondary N) is 1. The van der Waals surface area contributed by atoms with E-state index < -0.39 is 6.43 Å². The van der Waals surface area contributed by atoms with Crippen molar-refractivity contribution in [3.8, 4) is 5.75 Å². The fourth-order valence-corrected chi connectivity index (χ4v) is 3.97. The molecule has 2 nitrogen and oxygen atoms in total. The summed E-state index contributed by atoms with van der Waals surface area (Å²) in [4.78, 5) is 0. The second-order valence-electron chi connectivity index (χ2n) is 9.12. The van der Waals surface area contributed by atoms with Gasteiger partial charge in [-0.2, -0.15) is 0 Å². The topological polar surface area (TPSA) is 21.3 Å². The molecular formula is C28H49F2NO. The van der Waals surface area contributed by atoms with Crippen molar-refractivity contribution in [2.75, 3.05) is 19.7 Å². The summed E-state index contributed by atoms with van der Waals surface area (Å²) < 4.78 is 29.9. The number of halogens is 2. The summed E-state index contributed by atoms with van der Waals surface area (Å²) in [5.74, 6) is 0.952. The summed E-state index contributed by atoms with van der Waals surface area (Å²) in [5.41, 5.74) is 1.35. The van der Waals surface area contributed by atoms with Gasteiger partial charge in [-0.15, -0.1) is 0 Å². The Hall–Kier alpha value is -1.16. The Kier molecular flexibility index (Phi) is 19.6. The third-order valence-electron chi connectivity index (χ3n) is 6.06. The van der Waals surface area contributed by atoms with Crippen LogP contribution in [0.3, 0.4) is 0 Å². The number of rotatable bonds is 23. The highest BCUT2D eigenvalue weighted by Gasteiger charge is 2.01. The predicted molar refractivity (Wildman–Crippen MR) is 134 cm³/mol. The van der Waals surface area contributed by atoms with Crippen LogP contribution in [0, 0.1) is 0 Å². The van der Waals surface area contributed by atoms with Gasteiger partial charge >= 0.3 is 0 Å². The maximum absolute atomic E-state index is 12.0. The highest BCUT2D eigenvalue weighted by atomic mass is 19.3. The Morgan fingerprint density at radius 1 is 0.688 bits per heavy atom. The maximum atomic E-state index is 12.0. The van der Waals surface area contributed by atoms with E-state index in [1.165, 1.54) is 63.4 Å². The van der Waals surface area contributed by atoms with Crippen LogP contribution in [0.1, 0.15) is 115 Å². The largest absolute Gasteiger partial charge is 0.494 e. The molecule has 0 saturated heterocycles. The van der Waals surface area contributed by atoms with E-state index in [-0.39, 0.29) is 6.42 Å². The van der Waals surface area contributed by atoms with E-state index in [1.807, 2.05) is 0 Å². The Morgan fingerprint density at radius 2 is 1.25 bits per heavy atom. The SMILES string of the molecule is CCCCCCCCCCNCCc1ccc(OCCCCCCCCCC(F)F)cc1. The van der Waals surface area contributed by atoms with E-state index in [0.29, 0.717) is 6.42 Å². The molecule has 0 radical (unpaired) electrons. The van der Waals surface area contributed by atoms with E-state index in [0.717, 1.165) is 64.0 Å². The van der Waals surface area contributed by atoms with Crippen molar-refractivity contribution in [3.05, 3.63) is 29.8 Å². The van der Waals surface area contributed by atoms with Crippen LogP contribution in [0.4, 0.5) is 8.78 Å². The lowest BCUT2D eigenvalue weighted by molar-refractivity contribution is 0.133. The Labute approximate surface area is 196 Å². The van der Waals surface area contributed by atoms with E-state index in [9.17, 15) is 8.78 Å². The average molecular weight is 454 g/mol. The molecule has 1 aromatic rings. The molecule has 0 atom stereocenters. The molecule has 0 bridgehead atoms. The number of benzene rings is 1. The summed E-state index contributed by atoms with van der Waals surface area (Å²) in [6.45, 7) is 5.20. The van der Waals surface area contributed by atoms with E-state index in [2.05, 4.69) is 36.5 Å². The van der Waals surface area contributed by atoms with Gasteiger partial charge in [-0.25, -0.2) is 8.78 Å². The number of ether oxygens (including phenoxy) is 1. The number of hydrogen-bond donors (Lipinski definition) is 1. The summed E-state index contributed by atoms with van der Waals surface area (Å²) in [6, 6.07) is 8.51. The van der Waals surface area contributed by atoms with Gasteiger partial charge in [0.15, 0.2) is 0 Å². The highest BCUT2D eigenvalue weighted by molar-refractivity contribution is 5.27. The molecule has 0 aliphatic rings. The average Bonchev–Trinajstić information content (AvgIpc) is 2.79. The molecule has 0 amide bonds. The Bertz CT molecular complexity index is 507. The quantitative estimate of drug-likeness (QED) is 0.167. The van der Waals surface area contributed by atoms with Crippen LogP contribution in [-0.2, 0) is 6.42 Å². The molecule has 1 N–H and O–H groups in total. The van der Waals surface area contributed by atoms with E-state index in [1.54, 1.807) is 0 Å². The fraction of sp³-hybridized carbons (Fsp3) is 0.786. The van der Waals surface area contributed by atoms with Crippen molar-refractivity contribution < 1.29 is 13.5 Å². The van der Waals surface area contributed by atoms with Crippen LogP contribution in [0.2, 0.25) is 0 Å². The zero-order valence-electron chi connectivity index (χ0n) is 20.7. The van der Waals surface area contributed by atoms with Crippen LogP contribution in [0.15, 0.2) is 24.3 Å². The first-order valence-electron chi connectivity index (χ1n) is 13.4. The third kappa shape index (κ3) is 18.4. The minimum absolute atomic E-state index is 0.0580. The van der Waals surface area contributed by atoms with Crippen molar-refractivity contribution in [3.63, 3.8) is 0 Å². The molecule has 0 fully saturated rings. The van der Waals surface area contributed by atoms with Crippen LogP contribution in [0.25, 0.3) is 0 Å². The molecule has 0 spiro atoms. The van der Waals surface area contributed by atoms with Crippen LogP contribution >= 0.6 is 0 Å². The zero-order chi connectivity index (χ0) is 23.1. The first-order valence-corrected chi connectivity index (χ1v) is 13.4. The second-order valence-corrected chi connectivity index (χ2v) is 9.12. The van der Waals surface area contributed by atoms with Crippen molar-refractivity contribution >= 4 is 0 Å². The second kappa shape index (κ2) is 21.7. The lowest BCUT2D eigenvalue weighted by atomic mass is 10.1. The Balaban J connectivity index is 1.90. The molecule has 0 aromatic heterocycles. The van der Waals surface area contributed by atoms with Crippen LogP contribution < -0.4 is 10.1 Å². The molecular weight excluding hydrogens is 404 g/mol. The van der Waals surface area contributed by atoms with Crippen molar-refractivity contribution in [2.45, 2.75) is 123 Å². The normalized spacial score (nSPS) is 11.4. The predicted octanol–water partition coefficient (Wildman–Crippen LogP) is 8.72. The standard InChI is InChI=1S/C28H49F2NO/c1-2-3-4-5-6-9-12-15-23-31-24-22-26-18-20-27(21-19-26)32-25-16-13-10-7-8-11-14-17-28(29)30/h18-21,28,31H,2-17,22-25H2,1H3. The van der Waals surface area contributed by atoms with Gasteiger partial charge in [0.25, 0.3) is 0 Å². The minimum atomic E-state index is -2.14. The molecule has 0 aliphatic carbocycles. The summed E-state index contributed by atoms with van der Waals surface area (Å²) in [7, 11) is 0. The van der Waals surface area contributed by atoms with Gasteiger partial charge < -0.3 is 10.1 Å². The first kappa shape index (κ1) is 28.9. The molecule has 1 aromatic carbocycles. The summed E-state index contributed by atoms with van der Waals surface area (Å²) >= 11 is 0. The van der Waals surface area contributed by atoms with E-state index >= 15 is 0 Å².